The van der Waals surface area contributed by atoms with E-state index in [0.717, 1.165) is 5.57 Å². The molecule has 0 saturated carbocycles. The third-order valence-electron chi connectivity index (χ3n) is 4.98. The van der Waals surface area contributed by atoms with E-state index in [0.29, 0.717) is 32.1 Å². The molecule has 0 unspecified atom stereocenters. The highest BCUT2D eigenvalue weighted by Gasteiger charge is 2.42. The summed E-state index contributed by atoms with van der Waals surface area (Å²) >= 11 is 0. The number of carbonyl (C=O) groups is 1. The van der Waals surface area contributed by atoms with Crippen molar-refractivity contribution < 1.29 is 34.3 Å². The van der Waals surface area contributed by atoms with Crippen LogP contribution in [0, 0.1) is 5.92 Å². The average Bonchev–Trinajstić information content (AvgIpc) is 2.62. The molecule has 0 aliphatic carbocycles. The minimum Gasteiger partial charge on any atom is -0.469 e. The minimum absolute atomic E-state index is 0.0644. The molecule has 0 spiro atoms. The van der Waals surface area contributed by atoms with E-state index in [-0.39, 0.29) is 24.4 Å². The van der Waals surface area contributed by atoms with Gasteiger partial charge in [0.05, 0.1) is 25.7 Å². The number of hydrogen-bond acceptors (Lipinski definition) is 7. The first kappa shape index (κ1) is 23.0. The first-order chi connectivity index (χ1) is 12.3. The molecule has 1 saturated heterocycles. The van der Waals surface area contributed by atoms with Crippen LogP contribution in [0.1, 0.15) is 59.3 Å². The van der Waals surface area contributed by atoms with Crippen molar-refractivity contribution in [2.75, 3.05) is 14.2 Å². The standard InChI is InChI=1S/C19H34O7/c1-6-16(21)13(2)10-15(20)8-7-9-19(24-5)12-14(3)17(25-26-19)11-18(22)23-4/h10,14-17,20-21H,6-9,11-12H2,1-5H3/t14-,15-,16-,17-,19+/m0/s1. The van der Waals surface area contributed by atoms with Gasteiger partial charge in [0.25, 0.3) is 0 Å². The fourth-order valence-corrected chi connectivity index (χ4v) is 3.15. The molecule has 1 rings (SSSR count). The summed E-state index contributed by atoms with van der Waals surface area (Å²) in [4.78, 5) is 22.3. The van der Waals surface area contributed by atoms with Crippen molar-refractivity contribution in [3.05, 3.63) is 11.6 Å². The normalized spacial score (nSPS) is 29.3. The van der Waals surface area contributed by atoms with E-state index >= 15 is 0 Å². The summed E-state index contributed by atoms with van der Waals surface area (Å²) in [6.45, 7) is 5.69. The van der Waals surface area contributed by atoms with Crippen LogP contribution in [-0.4, -0.2) is 54.5 Å². The molecular weight excluding hydrogens is 340 g/mol. The molecule has 0 bridgehead atoms. The Morgan fingerprint density at radius 3 is 2.62 bits per heavy atom. The second kappa shape index (κ2) is 11.0. The van der Waals surface area contributed by atoms with E-state index in [4.69, 9.17) is 14.5 Å². The number of esters is 1. The zero-order valence-corrected chi connectivity index (χ0v) is 16.6. The molecule has 5 atom stereocenters. The molecule has 0 amide bonds. The lowest BCUT2D eigenvalue weighted by Gasteiger charge is -2.40. The summed E-state index contributed by atoms with van der Waals surface area (Å²) in [5.74, 6) is -1.16. The number of hydrogen-bond donors (Lipinski definition) is 2. The lowest BCUT2D eigenvalue weighted by Crippen LogP contribution is -2.46. The number of rotatable bonds is 10. The summed E-state index contributed by atoms with van der Waals surface area (Å²) in [5, 5.41) is 19.9. The van der Waals surface area contributed by atoms with Gasteiger partial charge in [-0.25, -0.2) is 9.78 Å². The lowest BCUT2D eigenvalue weighted by molar-refractivity contribution is -0.475. The van der Waals surface area contributed by atoms with E-state index in [9.17, 15) is 15.0 Å². The molecule has 0 aromatic rings. The van der Waals surface area contributed by atoms with Gasteiger partial charge >= 0.3 is 5.97 Å². The molecule has 1 fully saturated rings. The lowest BCUT2D eigenvalue weighted by atomic mass is 9.89. The Balaban J connectivity index is 2.51. The molecule has 152 valence electrons. The van der Waals surface area contributed by atoms with Gasteiger partial charge < -0.3 is 19.7 Å². The predicted molar refractivity (Wildman–Crippen MR) is 96.0 cm³/mol. The van der Waals surface area contributed by atoms with Crippen molar-refractivity contribution in [3.8, 4) is 0 Å². The van der Waals surface area contributed by atoms with Crippen LogP contribution >= 0.6 is 0 Å². The molecule has 2 N–H and O–H groups in total. The molecule has 1 aliphatic heterocycles. The first-order valence-electron chi connectivity index (χ1n) is 9.27. The monoisotopic (exact) mass is 374 g/mol. The Hall–Kier alpha value is -0.990. The maximum absolute atomic E-state index is 11.4. The third-order valence-corrected chi connectivity index (χ3v) is 4.98. The number of ether oxygens (including phenoxy) is 2. The van der Waals surface area contributed by atoms with Crippen LogP contribution in [0.25, 0.3) is 0 Å². The van der Waals surface area contributed by atoms with E-state index in [1.165, 1.54) is 7.11 Å². The summed E-state index contributed by atoms with van der Waals surface area (Å²) in [6.07, 6.45) is 3.29. The smallest absolute Gasteiger partial charge is 0.308 e. The van der Waals surface area contributed by atoms with Crippen LogP contribution in [0.15, 0.2) is 11.6 Å². The van der Waals surface area contributed by atoms with E-state index < -0.39 is 18.0 Å². The van der Waals surface area contributed by atoms with E-state index in [1.54, 1.807) is 13.2 Å². The van der Waals surface area contributed by atoms with Crippen LogP contribution in [0.3, 0.4) is 0 Å². The van der Waals surface area contributed by atoms with Gasteiger partial charge in [-0.3, -0.25) is 4.79 Å². The molecule has 1 aliphatic rings. The van der Waals surface area contributed by atoms with Crippen LogP contribution in [0.2, 0.25) is 0 Å². The zero-order valence-electron chi connectivity index (χ0n) is 16.6. The number of methoxy groups -OCH3 is 2. The molecule has 7 nitrogen and oxygen atoms in total. The van der Waals surface area contributed by atoms with Crippen LogP contribution < -0.4 is 0 Å². The average molecular weight is 374 g/mol. The Morgan fingerprint density at radius 1 is 1.38 bits per heavy atom. The summed E-state index contributed by atoms with van der Waals surface area (Å²) in [6, 6.07) is 0. The maximum Gasteiger partial charge on any atom is 0.308 e. The number of aliphatic hydroxyl groups excluding tert-OH is 2. The van der Waals surface area contributed by atoms with Crippen molar-refractivity contribution in [1.82, 2.24) is 0 Å². The van der Waals surface area contributed by atoms with Crippen LogP contribution in [0.4, 0.5) is 0 Å². The van der Waals surface area contributed by atoms with Crippen molar-refractivity contribution in [1.29, 1.82) is 0 Å². The van der Waals surface area contributed by atoms with Gasteiger partial charge in [-0.1, -0.05) is 19.9 Å². The predicted octanol–water partition coefficient (Wildman–Crippen LogP) is 2.50. The third kappa shape index (κ3) is 6.96. The van der Waals surface area contributed by atoms with Crippen molar-refractivity contribution in [2.24, 2.45) is 5.92 Å². The molecule has 0 radical (unpaired) electrons. The van der Waals surface area contributed by atoms with Gasteiger partial charge in [-0.2, -0.15) is 0 Å². The first-order valence-corrected chi connectivity index (χ1v) is 9.27. The number of carbonyl (C=O) groups excluding carboxylic acids is 1. The Morgan fingerprint density at radius 2 is 2.08 bits per heavy atom. The van der Waals surface area contributed by atoms with Crippen molar-refractivity contribution in [3.63, 3.8) is 0 Å². The van der Waals surface area contributed by atoms with Gasteiger partial charge in [0, 0.05) is 20.0 Å². The highest BCUT2D eigenvalue weighted by molar-refractivity contribution is 5.69. The largest absolute Gasteiger partial charge is 0.469 e. The second-order valence-electron chi connectivity index (χ2n) is 7.09. The van der Waals surface area contributed by atoms with Gasteiger partial charge in [-0.05, 0) is 37.7 Å². The highest BCUT2D eigenvalue weighted by Crippen LogP contribution is 2.37. The second-order valence-corrected chi connectivity index (χ2v) is 7.09. The molecule has 7 heteroatoms. The van der Waals surface area contributed by atoms with Crippen molar-refractivity contribution in [2.45, 2.75) is 83.4 Å². The van der Waals surface area contributed by atoms with Crippen LogP contribution in [0.5, 0.6) is 0 Å². The van der Waals surface area contributed by atoms with Gasteiger partial charge in [0.15, 0.2) is 0 Å². The molecule has 1 heterocycles. The van der Waals surface area contributed by atoms with Crippen molar-refractivity contribution >= 4 is 5.97 Å². The summed E-state index contributed by atoms with van der Waals surface area (Å²) in [5.41, 5.74) is 0.776. The van der Waals surface area contributed by atoms with Gasteiger partial charge in [0.2, 0.25) is 5.79 Å². The molecule has 0 aromatic carbocycles. The topological polar surface area (TPSA) is 94.5 Å². The zero-order chi connectivity index (χ0) is 19.7. The summed E-state index contributed by atoms with van der Waals surface area (Å²) < 4.78 is 10.2. The van der Waals surface area contributed by atoms with E-state index in [2.05, 4.69) is 4.74 Å². The van der Waals surface area contributed by atoms with E-state index in [1.807, 2.05) is 20.8 Å². The summed E-state index contributed by atoms with van der Waals surface area (Å²) in [7, 11) is 2.91. The Bertz CT molecular complexity index is 465. The van der Waals surface area contributed by atoms with Gasteiger partial charge in [0.1, 0.15) is 6.10 Å². The Kier molecular flexibility index (Phi) is 9.74. The Labute approximate surface area is 156 Å². The fraction of sp³-hybridized carbons (Fsp3) is 0.842. The molecule has 26 heavy (non-hydrogen) atoms. The van der Waals surface area contributed by atoms with Gasteiger partial charge in [-0.15, -0.1) is 0 Å². The quantitative estimate of drug-likeness (QED) is 0.345. The molecule has 0 aromatic heterocycles. The molecular formula is C19H34O7. The van der Waals surface area contributed by atoms with Crippen LogP contribution in [-0.2, 0) is 24.0 Å². The number of aliphatic hydroxyl groups is 2. The maximum atomic E-state index is 11.4. The fourth-order valence-electron chi connectivity index (χ4n) is 3.15. The highest BCUT2D eigenvalue weighted by atomic mass is 17.2. The minimum atomic E-state index is -0.882. The SMILES string of the molecule is CC[C@H](O)C(C)=C[C@@H](O)CCC[C@]1(OC)C[C@H](C)[C@H](CC(=O)OC)OO1.